The van der Waals surface area contributed by atoms with Gasteiger partial charge in [0.05, 0.1) is 5.69 Å². The van der Waals surface area contributed by atoms with E-state index in [1.165, 1.54) is 18.3 Å². The van der Waals surface area contributed by atoms with Crippen molar-refractivity contribution in [2.24, 2.45) is 4.99 Å². The van der Waals surface area contributed by atoms with Crippen LogP contribution in [0.15, 0.2) is 23.2 Å². The van der Waals surface area contributed by atoms with Crippen molar-refractivity contribution in [1.82, 2.24) is 0 Å². The van der Waals surface area contributed by atoms with Crippen LogP contribution in [0.2, 0.25) is 0 Å². The Morgan fingerprint density at radius 1 is 1.36 bits per heavy atom. The van der Waals surface area contributed by atoms with Crippen LogP contribution in [-0.4, -0.2) is 29.2 Å². The van der Waals surface area contributed by atoms with Gasteiger partial charge < -0.3 is 10.0 Å². The zero-order valence-corrected chi connectivity index (χ0v) is 7.34. The van der Waals surface area contributed by atoms with E-state index < -0.39 is 7.12 Å². The average Bonchev–Trinajstić information content (AvgIpc) is 2.17. The maximum absolute atomic E-state index is 11.4. The fraction of sp³-hybridized carbons (Fsp3) is 0.111. The first kappa shape index (κ1) is 9.11. The largest absolute Gasteiger partial charge is 0.488 e. The normalized spacial score (nSPS) is 14.0. The lowest BCUT2D eigenvalue weighted by molar-refractivity contribution is 0.100. The Kier molecular flexibility index (Phi) is 2.19. The van der Waals surface area contributed by atoms with Crippen LogP contribution in [0, 0.1) is 0 Å². The van der Waals surface area contributed by atoms with Crippen molar-refractivity contribution < 1.29 is 14.8 Å². The second kappa shape index (κ2) is 3.36. The van der Waals surface area contributed by atoms with E-state index >= 15 is 0 Å². The standard InChI is InChI=1S/C9H8BNO3/c12-9-3-4-11-8-5-6(10(13)14)1-2-7(8)9/h1-2,4-5,13-14H,3H2. The zero-order valence-electron chi connectivity index (χ0n) is 7.34. The summed E-state index contributed by atoms with van der Waals surface area (Å²) in [6.07, 6.45) is 1.84. The van der Waals surface area contributed by atoms with Gasteiger partial charge >= 0.3 is 7.12 Å². The van der Waals surface area contributed by atoms with E-state index in [9.17, 15) is 4.79 Å². The first-order valence-electron chi connectivity index (χ1n) is 4.24. The Morgan fingerprint density at radius 2 is 2.14 bits per heavy atom. The number of hydrogen-bond donors (Lipinski definition) is 2. The quantitative estimate of drug-likeness (QED) is 0.593. The molecule has 1 aromatic rings. The minimum atomic E-state index is -1.52. The molecule has 0 unspecified atom stereocenters. The third-order valence-electron chi connectivity index (χ3n) is 2.13. The maximum Gasteiger partial charge on any atom is 0.488 e. The SMILES string of the molecule is O=C1CC=Nc2cc(B(O)O)ccc21. The number of carbonyl (C=O) groups is 1. The molecule has 0 aliphatic carbocycles. The molecule has 1 heterocycles. The molecule has 0 saturated carbocycles. The molecule has 1 aromatic carbocycles. The van der Waals surface area contributed by atoms with Crippen molar-refractivity contribution in [2.75, 3.05) is 0 Å². The highest BCUT2D eigenvalue weighted by molar-refractivity contribution is 6.58. The molecule has 0 saturated heterocycles. The number of fused-ring (bicyclic) bond motifs is 1. The third kappa shape index (κ3) is 1.47. The summed E-state index contributed by atoms with van der Waals surface area (Å²) < 4.78 is 0. The van der Waals surface area contributed by atoms with Crippen molar-refractivity contribution in [3.63, 3.8) is 0 Å². The topological polar surface area (TPSA) is 69.9 Å². The van der Waals surface area contributed by atoms with Crippen LogP contribution in [0.1, 0.15) is 16.8 Å². The smallest absolute Gasteiger partial charge is 0.423 e. The fourth-order valence-corrected chi connectivity index (χ4v) is 1.39. The predicted molar refractivity (Wildman–Crippen MR) is 53.4 cm³/mol. The summed E-state index contributed by atoms with van der Waals surface area (Å²) in [6, 6.07) is 4.60. The molecule has 2 rings (SSSR count). The van der Waals surface area contributed by atoms with Crippen LogP contribution in [0.5, 0.6) is 0 Å². The second-order valence-electron chi connectivity index (χ2n) is 3.09. The number of Topliss-reactive ketones (excluding diaryl/α,β-unsaturated/α-hetero) is 1. The van der Waals surface area contributed by atoms with Gasteiger partial charge in [-0.25, -0.2) is 0 Å². The maximum atomic E-state index is 11.4. The summed E-state index contributed by atoms with van der Waals surface area (Å²) in [5.74, 6) is 0.00831. The summed E-state index contributed by atoms with van der Waals surface area (Å²) in [5.41, 5.74) is 1.39. The molecular weight excluding hydrogens is 181 g/mol. The van der Waals surface area contributed by atoms with Gasteiger partial charge in [-0.15, -0.1) is 0 Å². The molecule has 1 aliphatic rings. The highest BCUT2D eigenvalue weighted by Gasteiger charge is 2.18. The molecule has 14 heavy (non-hydrogen) atoms. The van der Waals surface area contributed by atoms with Gasteiger partial charge in [0.1, 0.15) is 0 Å². The number of nitrogens with zero attached hydrogens (tertiary/aromatic N) is 1. The lowest BCUT2D eigenvalue weighted by atomic mass is 9.79. The van der Waals surface area contributed by atoms with E-state index in [0.29, 0.717) is 23.1 Å². The Hall–Kier alpha value is -1.46. The monoisotopic (exact) mass is 189 g/mol. The summed E-state index contributed by atoms with van der Waals surface area (Å²) in [5, 5.41) is 17.8. The van der Waals surface area contributed by atoms with E-state index in [1.54, 1.807) is 6.07 Å². The van der Waals surface area contributed by atoms with Crippen molar-refractivity contribution in [2.45, 2.75) is 6.42 Å². The Balaban J connectivity index is 2.51. The first-order valence-corrected chi connectivity index (χ1v) is 4.24. The number of rotatable bonds is 1. The molecule has 5 heteroatoms. The van der Waals surface area contributed by atoms with E-state index in [1.807, 2.05) is 0 Å². The Morgan fingerprint density at radius 3 is 2.86 bits per heavy atom. The van der Waals surface area contributed by atoms with Gasteiger partial charge in [-0.1, -0.05) is 6.07 Å². The lowest BCUT2D eigenvalue weighted by Crippen LogP contribution is -2.30. The molecule has 2 N–H and O–H groups in total. The van der Waals surface area contributed by atoms with Crippen molar-refractivity contribution >= 4 is 30.3 Å². The Bertz CT molecular complexity index is 415. The van der Waals surface area contributed by atoms with Gasteiger partial charge in [0.2, 0.25) is 0 Å². The number of aliphatic imine (C=N–C) groups is 1. The summed E-state index contributed by atoms with van der Waals surface area (Å²) >= 11 is 0. The second-order valence-corrected chi connectivity index (χ2v) is 3.09. The molecule has 70 valence electrons. The van der Waals surface area contributed by atoms with E-state index in [2.05, 4.69) is 4.99 Å². The van der Waals surface area contributed by atoms with E-state index in [4.69, 9.17) is 10.0 Å². The predicted octanol–water partition coefficient (Wildman–Crippen LogP) is -0.345. The van der Waals surface area contributed by atoms with Gasteiger partial charge in [-0.2, -0.15) is 0 Å². The van der Waals surface area contributed by atoms with Gasteiger partial charge in [0.15, 0.2) is 5.78 Å². The van der Waals surface area contributed by atoms with Gasteiger partial charge in [-0.3, -0.25) is 9.79 Å². The highest BCUT2D eigenvalue weighted by atomic mass is 16.4. The van der Waals surface area contributed by atoms with Crippen molar-refractivity contribution in [3.05, 3.63) is 23.8 Å². The van der Waals surface area contributed by atoms with Crippen LogP contribution in [0.3, 0.4) is 0 Å². The third-order valence-corrected chi connectivity index (χ3v) is 2.13. The molecule has 0 amide bonds. The van der Waals surface area contributed by atoms with Gasteiger partial charge in [0.25, 0.3) is 0 Å². The molecule has 0 bridgehead atoms. The number of carbonyl (C=O) groups excluding carboxylic acids is 1. The van der Waals surface area contributed by atoms with Crippen LogP contribution in [0.25, 0.3) is 0 Å². The molecular formula is C9H8BNO3. The number of hydrogen-bond acceptors (Lipinski definition) is 4. The highest BCUT2D eigenvalue weighted by Crippen LogP contribution is 2.22. The van der Waals surface area contributed by atoms with Crippen molar-refractivity contribution in [3.8, 4) is 0 Å². The summed E-state index contributed by atoms with van der Waals surface area (Å²) in [4.78, 5) is 15.4. The van der Waals surface area contributed by atoms with Crippen LogP contribution < -0.4 is 5.46 Å². The van der Waals surface area contributed by atoms with E-state index in [-0.39, 0.29) is 5.78 Å². The number of ketones is 1. The van der Waals surface area contributed by atoms with Crippen molar-refractivity contribution in [1.29, 1.82) is 0 Å². The Labute approximate surface area is 81.1 Å². The molecule has 0 radical (unpaired) electrons. The van der Waals surface area contributed by atoms with Crippen LogP contribution in [-0.2, 0) is 0 Å². The molecule has 0 aromatic heterocycles. The number of benzene rings is 1. The van der Waals surface area contributed by atoms with Crippen LogP contribution in [0.4, 0.5) is 5.69 Å². The molecule has 0 atom stereocenters. The minimum Gasteiger partial charge on any atom is -0.423 e. The fourth-order valence-electron chi connectivity index (χ4n) is 1.39. The molecule has 4 nitrogen and oxygen atoms in total. The molecule has 0 spiro atoms. The molecule has 0 fully saturated rings. The molecule has 1 aliphatic heterocycles. The van der Waals surface area contributed by atoms with Gasteiger partial charge in [0, 0.05) is 18.2 Å². The minimum absolute atomic E-state index is 0.00831. The van der Waals surface area contributed by atoms with Gasteiger partial charge in [-0.05, 0) is 17.6 Å². The summed E-state index contributed by atoms with van der Waals surface area (Å²) in [6.45, 7) is 0. The zero-order chi connectivity index (χ0) is 10.1. The van der Waals surface area contributed by atoms with Crippen LogP contribution >= 0.6 is 0 Å². The average molecular weight is 189 g/mol. The lowest BCUT2D eigenvalue weighted by Gasteiger charge is -2.09. The first-order chi connectivity index (χ1) is 6.68. The summed E-state index contributed by atoms with van der Waals surface area (Å²) in [7, 11) is -1.52. The van der Waals surface area contributed by atoms with E-state index in [0.717, 1.165) is 0 Å².